The number of guanidine groups is 1. The lowest BCUT2D eigenvalue weighted by Crippen LogP contribution is -2.47. The van der Waals surface area contributed by atoms with Crippen LogP contribution in [-0.2, 0) is 0 Å². The van der Waals surface area contributed by atoms with Gasteiger partial charge in [0, 0.05) is 25.7 Å². The summed E-state index contributed by atoms with van der Waals surface area (Å²) in [6.07, 6.45) is 2.60. The first-order chi connectivity index (χ1) is 6.11. The molecule has 0 aromatic carbocycles. The fraction of sp³-hybridized carbons (Fsp3) is 0.900. The highest BCUT2D eigenvalue weighted by atomic mass is 15.4. The van der Waals surface area contributed by atoms with E-state index in [2.05, 4.69) is 35.7 Å². The molecule has 1 fully saturated rings. The highest BCUT2D eigenvalue weighted by molar-refractivity contribution is 5.82. The van der Waals surface area contributed by atoms with Crippen LogP contribution in [0.3, 0.4) is 0 Å². The van der Waals surface area contributed by atoms with Gasteiger partial charge in [0.1, 0.15) is 0 Å². The molecule has 3 nitrogen and oxygen atoms in total. The van der Waals surface area contributed by atoms with Crippen molar-refractivity contribution in [1.82, 2.24) is 9.80 Å². The van der Waals surface area contributed by atoms with Gasteiger partial charge in [0.25, 0.3) is 0 Å². The summed E-state index contributed by atoms with van der Waals surface area (Å²) in [4.78, 5) is 9.29. The first-order valence-electron chi connectivity index (χ1n) is 5.14. The van der Waals surface area contributed by atoms with Crippen molar-refractivity contribution < 1.29 is 0 Å². The highest BCUT2D eigenvalue weighted by Crippen LogP contribution is 2.29. The maximum atomic E-state index is 4.56. The van der Waals surface area contributed by atoms with Crippen LogP contribution in [0, 0.1) is 0 Å². The van der Waals surface area contributed by atoms with E-state index < -0.39 is 0 Å². The summed E-state index contributed by atoms with van der Waals surface area (Å²) >= 11 is 0. The number of hydrogen-bond donors (Lipinski definition) is 0. The van der Waals surface area contributed by atoms with Gasteiger partial charge >= 0.3 is 0 Å². The lowest BCUT2D eigenvalue weighted by molar-refractivity contribution is 0.255. The number of nitrogens with zero attached hydrogens (tertiary/aromatic N) is 3. The molecule has 0 unspecified atom stereocenters. The molecule has 0 bridgehead atoms. The largest absolute Gasteiger partial charge is 0.344 e. The first-order valence-corrected chi connectivity index (χ1v) is 5.14. The molecule has 0 aromatic heterocycles. The predicted octanol–water partition coefficient (Wildman–Crippen LogP) is 1.16. The van der Waals surface area contributed by atoms with E-state index in [0.29, 0.717) is 5.54 Å². The average Bonchev–Trinajstić information content (AvgIpc) is 2.56. The first kappa shape index (κ1) is 8.85. The van der Waals surface area contributed by atoms with E-state index >= 15 is 0 Å². The second-order valence-electron chi connectivity index (χ2n) is 4.67. The van der Waals surface area contributed by atoms with Crippen molar-refractivity contribution in [3.05, 3.63) is 0 Å². The highest BCUT2D eigenvalue weighted by Gasteiger charge is 2.36. The van der Waals surface area contributed by atoms with E-state index in [0.717, 1.165) is 13.1 Å². The zero-order valence-corrected chi connectivity index (χ0v) is 8.88. The molecular formula is C10H19N3. The molecule has 0 amide bonds. The Labute approximate surface area is 80.4 Å². The Balaban J connectivity index is 2.16. The zero-order chi connectivity index (χ0) is 9.47. The van der Waals surface area contributed by atoms with Crippen LogP contribution in [0.1, 0.15) is 26.7 Å². The molecule has 0 atom stereocenters. The molecule has 0 spiro atoms. The molecule has 2 aliphatic heterocycles. The van der Waals surface area contributed by atoms with Crippen LogP contribution >= 0.6 is 0 Å². The summed E-state index contributed by atoms with van der Waals surface area (Å²) in [5, 5.41) is 0. The molecular weight excluding hydrogens is 162 g/mol. The van der Waals surface area contributed by atoms with Crippen molar-refractivity contribution >= 4 is 5.96 Å². The SMILES string of the molecule is CN1CCN=C1N1CCCC1(C)C. The van der Waals surface area contributed by atoms with E-state index in [-0.39, 0.29) is 0 Å². The van der Waals surface area contributed by atoms with Crippen LogP contribution in [-0.4, -0.2) is 48.0 Å². The van der Waals surface area contributed by atoms with E-state index in [1.165, 1.54) is 25.3 Å². The quantitative estimate of drug-likeness (QED) is 0.558. The molecule has 3 heteroatoms. The molecule has 2 heterocycles. The van der Waals surface area contributed by atoms with Gasteiger partial charge in [-0.2, -0.15) is 0 Å². The standard InChI is InChI=1S/C10H19N3/c1-10(2)5-4-7-13(10)9-11-6-8-12(9)3/h4-8H2,1-3H3. The van der Waals surface area contributed by atoms with Crippen molar-refractivity contribution in [3.63, 3.8) is 0 Å². The normalized spacial score (nSPS) is 26.8. The van der Waals surface area contributed by atoms with Gasteiger partial charge in [-0.3, -0.25) is 4.99 Å². The predicted molar refractivity (Wildman–Crippen MR) is 55.0 cm³/mol. The van der Waals surface area contributed by atoms with Crippen molar-refractivity contribution in [3.8, 4) is 0 Å². The molecule has 74 valence electrons. The summed E-state index contributed by atoms with van der Waals surface area (Å²) in [6, 6.07) is 0. The summed E-state index contributed by atoms with van der Waals surface area (Å²) in [6.45, 7) is 7.86. The third-order valence-corrected chi connectivity index (χ3v) is 3.17. The van der Waals surface area contributed by atoms with Gasteiger partial charge in [0.2, 0.25) is 0 Å². The van der Waals surface area contributed by atoms with Crippen molar-refractivity contribution in [1.29, 1.82) is 0 Å². The number of likely N-dealkylation sites (N-methyl/N-ethyl adjacent to an activating group) is 1. The summed E-state index contributed by atoms with van der Waals surface area (Å²) in [5.41, 5.74) is 0.317. The summed E-state index contributed by atoms with van der Waals surface area (Å²) in [7, 11) is 2.14. The van der Waals surface area contributed by atoms with Gasteiger partial charge in [-0.05, 0) is 26.7 Å². The molecule has 0 aromatic rings. The van der Waals surface area contributed by atoms with E-state index in [1.807, 2.05) is 0 Å². The fourth-order valence-electron chi connectivity index (χ4n) is 2.29. The Morgan fingerprint density at radius 3 is 2.54 bits per heavy atom. The summed E-state index contributed by atoms with van der Waals surface area (Å²) < 4.78 is 0. The van der Waals surface area contributed by atoms with Crippen molar-refractivity contribution in [2.45, 2.75) is 32.2 Å². The summed E-state index contributed by atoms with van der Waals surface area (Å²) in [5.74, 6) is 1.21. The minimum absolute atomic E-state index is 0.317. The Kier molecular flexibility index (Phi) is 1.97. The fourth-order valence-corrected chi connectivity index (χ4v) is 2.29. The van der Waals surface area contributed by atoms with Crippen LogP contribution in [0.2, 0.25) is 0 Å². The van der Waals surface area contributed by atoms with Gasteiger partial charge in [0.05, 0.1) is 6.54 Å². The van der Waals surface area contributed by atoms with Crippen LogP contribution in [0.4, 0.5) is 0 Å². The average molecular weight is 181 g/mol. The van der Waals surface area contributed by atoms with Gasteiger partial charge < -0.3 is 9.80 Å². The molecule has 0 aliphatic carbocycles. The van der Waals surface area contributed by atoms with Crippen LogP contribution < -0.4 is 0 Å². The maximum Gasteiger partial charge on any atom is 0.196 e. The Bertz CT molecular complexity index is 232. The maximum absolute atomic E-state index is 4.56. The smallest absolute Gasteiger partial charge is 0.196 e. The monoisotopic (exact) mass is 181 g/mol. The molecule has 0 saturated carbocycles. The van der Waals surface area contributed by atoms with Crippen LogP contribution in [0.25, 0.3) is 0 Å². The molecule has 0 radical (unpaired) electrons. The number of likely N-dealkylation sites (tertiary alicyclic amines) is 1. The van der Waals surface area contributed by atoms with Crippen LogP contribution in [0.5, 0.6) is 0 Å². The molecule has 13 heavy (non-hydrogen) atoms. The van der Waals surface area contributed by atoms with Crippen molar-refractivity contribution in [2.24, 2.45) is 4.99 Å². The van der Waals surface area contributed by atoms with Crippen LogP contribution in [0.15, 0.2) is 4.99 Å². The molecule has 0 N–H and O–H groups in total. The topological polar surface area (TPSA) is 18.8 Å². The number of aliphatic imine (C=N–C) groups is 1. The lowest BCUT2D eigenvalue weighted by atomic mass is 10.0. The zero-order valence-electron chi connectivity index (χ0n) is 8.88. The van der Waals surface area contributed by atoms with E-state index in [4.69, 9.17) is 0 Å². The lowest BCUT2D eigenvalue weighted by Gasteiger charge is -2.35. The minimum atomic E-state index is 0.317. The molecule has 1 saturated heterocycles. The van der Waals surface area contributed by atoms with Gasteiger partial charge in [0.15, 0.2) is 5.96 Å². The minimum Gasteiger partial charge on any atom is -0.344 e. The van der Waals surface area contributed by atoms with Gasteiger partial charge in [-0.1, -0.05) is 0 Å². The second kappa shape index (κ2) is 2.89. The van der Waals surface area contributed by atoms with E-state index in [1.54, 1.807) is 0 Å². The van der Waals surface area contributed by atoms with Crippen molar-refractivity contribution in [2.75, 3.05) is 26.7 Å². The third kappa shape index (κ3) is 1.40. The molecule has 2 aliphatic rings. The Morgan fingerprint density at radius 1 is 1.31 bits per heavy atom. The second-order valence-corrected chi connectivity index (χ2v) is 4.67. The third-order valence-electron chi connectivity index (χ3n) is 3.17. The van der Waals surface area contributed by atoms with E-state index in [9.17, 15) is 0 Å². The van der Waals surface area contributed by atoms with Gasteiger partial charge in [-0.15, -0.1) is 0 Å². The number of rotatable bonds is 0. The van der Waals surface area contributed by atoms with Gasteiger partial charge in [-0.25, -0.2) is 0 Å². The Morgan fingerprint density at radius 2 is 2.08 bits per heavy atom. The number of hydrogen-bond acceptors (Lipinski definition) is 3. The Hall–Kier alpha value is -0.730. The molecule has 2 rings (SSSR count).